The third-order valence-corrected chi connectivity index (χ3v) is 3.63. The lowest BCUT2D eigenvalue weighted by atomic mass is 10.0. The van der Waals surface area contributed by atoms with Gasteiger partial charge in [0.1, 0.15) is 12.4 Å². The van der Waals surface area contributed by atoms with Crippen LogP contribution in [0.3, 0.4) is 0 Å². The Bertz CT molecular complexity index is 724. The Morgan fingerprint density at radius 1 is 1.26 bits per heavy atom. The van der Waals surface area contributed by atoms with E-state index in [0.29, 0.717) is 17.9 Å². The van der Waals surface area contributed by atoms with Crippen LogP contribution in [0.15, 0.2) is 36.7 Å². The third kappa shape index (κ3) is 7.28. The van der Waals surface area contributed by atoms with Gasteiger partial charge < -0.3 is 15.8 Å². The number of halogens is 4. The Kier molecular flexibility index (Phi) is 10.2. The molecule has 1 heterocycles. The minimum Gasteiger partial charge on any atom is -0.488 e. The van der Waals surface area contributed by atoms with E-state index in [1.165, 1.54) is 0 Å². The number of carbonyl (C=O) groups excluding carboxylic acids is 1. The normalized spacial score (nSPS) is 10.4. The van der Waals surface area contributed by atoms with Crippen LogP contribution in [-0.4, -0.2) is 29.9 Å². The lowest BCUT2D eigenvalue weighted by Crippen LogP contribution is -2.41. The summed E-state index contributed by atoms with van der Waals surface area (Å²) in [5, 5.41) is 2.20. The van der Waals surface area contributed by atoms with E-state index in [9.17, 15) is 13.6 Å². The van der Waals surface area contributed by atoms with E-state index in [2.05, 4.69) is 10.3 Å². The minimum absolute atomic E-state index is 0. The maximum absolute atomic E-state index is 13.1. The molecule has 0 spiro atoms. The molecule has 1 aromatic carbocycles. The Balaban J connectivity index is 0.00000338. The van der Waals surface area contributed by atoms with Crippen molar-refractivity contribution in [3.63, 3.8) is 0 Å². The van der Waals surface area contributed by atoms with Crippen molar-refractivity contribution in [2.24, 2.45) is 5.73 Å². The van der Waals surface area contributed by atoms with Gasteiger partial charge in [-0.1, -0.05) is 6.07 Å². The highest BCUT2D eigenvalue weighted by Crippen LogP contribution is 2.26. The number of benzene rings is 1. The van der Waals surface area contributed by atoms with Gasteiger partial charge in [-0.15, -0.1) is 24.8 Å². The number of nitrogens with zero attached hydrogens (tertiary/aromatic N) is 1. The first-order chi connectivity index (χ1) is 11.8. The first-order valence-electron chi connectivity index (χ1n) is 7.81. The zero-order valence-electron chi connectivity index (χ0n) is 15.0. The molecule has 0 saturated carbocycles. The average molecular weight is 422 g/mol. The molecule has 0 saturated heterocycles. The maximum atomic E-state index is 13.1. The van der Waals surface area contributed by atoms with Gasteiger partial charge in [0.25, 0.3) is 11.8 Å². The predicted molar refractivity (Wildman–Crippen MR) is 105 cm³/mol. The number of aryl methyl sites for hydroxylation is 2. The topological polar surface area (TPSA) is 77.2 Å². The summed E-state index contributed by atoms with van der Waals surface area (Å²) in [6.07, 6.45) is 3.39. The van der Waals surface area contributed by atoms with Crippen LogP contribution in [0.4, 0.5) is 8.78 Å². The molecule has 0 atom stereocenters. The van der Waals surface area contributed by atoms with Gasteiger partial charge >= 0.3 is 0 Å². The number of aromatic nitrogens is 1. The van der Waals surface area contributed by atoms with Crippen LogP contribution in [0.2, 0.25) is 0 Å². The summed E-state index contributed by atoms with van der Waals surface area (Å²) in [6.45, 7) is 2.35. The van der Waals surface area contributed by atoms with Crippen LogP contribution in [0.5, 0.6) is 5.75 Å². The maximum Gasteiger partial charge on any atom is 0.277 e. The van der Waals surface area contributed by atoms with Gasteiger partial charge in [0.05, 0.1) is 13.1 Å². The van der Waals surface area contributed by atoms with Gasteiger partial charge in [-0.3, -0.25) is 9.78 Å². The van der Waals surface area contributed by atoms with Crippen molar-refractivity contribution >= 4 is 30.7 Å². The molecule has 0 bridgehead atoms. The summed E-state index contributed by atoms with van der Waals surface area (Å²) in [6, 6.07) is 6.95. The molecule has 2 rings (SSSR count). The van der Waals surface area contributed by atoms with E-state index in [1.807, 2.05) is 12.1 Å². The molecule has 0 aliphatic heterocycles. The molecule has 5 nitrogen and oxygen atoms in total. The first-order valence-corrected chi connectivity index (χ1v) is 7.81. The van der Waals surface area contributed by atoms with Crippen LogP contribution >= 0.6 is 24.8 Å². The van der Waals surface area contributed by atoms with Crippen molar-refractivity contribution in [2.45, 2.75) is 26.4 Å². The number of alkyl halides is 2. The molecule has 9 heteroatoms. The Morgan fingerprint density at radius 3 is 2.41 bits per heavy atom. The quantitative estimate of drug-likeness (QED) is 0.717. The molecule has 1 aromatic heterocycles. The van der Waals surface area contributed by atoms with Crippen LogP contribution in [0, 0.1) is 13.8 Å². The lowest BCUT2D eigenvalue weighted by molar-refractivity contribution is 0.0118. The fourth-order valence-corrected chi connectivity index (χ4v) is 2.33. The highest BCUT2D eigenvalue weighted by Gasteiger charge is 2.27. The Labute approximate surface area is 169 Å². The molecule has 150 valence electrons. The number of nitrogens with two attached hydrogens (primary N) is 1. The van der Waals surface area contributed by atoms with Crippen molar-refractivity contribution in [1.82, 2.24) is 10.3 Å². The monoisotopic (exact) mass is 421 g/mol. The molecule has 2 aromatic rings. The van der Waals surface area contributed by atoms with E-state index >= 15 is 0 Å². The van der Waals surface area contributed by atoms with Crippen LogP contribution in [0.1, 0.15) is 27.0 Å². The highest BCUT2D eigenvalue weighted by atomic mass is 35.5. The minimum atomic E-state index is -3.12. The molecule has 0 unspecified atom stereocenters. The second-order valence-electron chi connectivity index (χ2n) is 5.83. The van der Waals surface area contributed by atoms with Gasteiger partial charge in [-0.2, -0.15) is 0 Å². The van der Waals surface area contributed by atoms with Crippen LogP contribution < -0.4 is 15.8 Å². The second-order valence-corrected chi connectivity index (χ2v) is 5.83. The number of ether oxygens (including phenoxy) is 1. The van der Waals surface area contributed by atoms with Crippen molar-refractivity contribution in [1.29, 1.82) is 0 Å². The van der Waals surface area contributed by atoms with Crippen molar-refractivity contribution in [3.05, 3.63) is 58.9 Å². The van der Waals surface area contributed by atoms with Gasteiger partial charge in [-0.05, 0) is 43.2 Å². The van der Waals surface area contributed by atoms with Crippen LogP contribution in [0.25, 0.3) is 0 Å². The predicted octanol–water partition coefficient (Wildman–Crippen LogP) is 3.44. The fraction of sp³-hybridized carbons (Fsp3) is 0.333. The van der Waals surface area contributed by atoms with Crippen molar-refractivity contribution in [3.8, 4) is 5.75 Å². The molecular formula is C18H23Cl2F2N3O2. The largest absolute Gasteiger partial charge is 0.488 e. The summed E-state index contributed by atoms with van der Waals surface area (Å²) in [5.74, 6) is -3.03. The van der Waals surface area contributed by atoms with E-state index in [-0.39, 0.29) is 24.8 Å². The van der Waals surface area contributed by atoms with Gasteiger partial charge in [0, 0.05) is 23.5 Å². The summed E-state index contributed by atoms with van der Waals surface area (Å²) in [7, 11) is 0. The lowest BCUT2D eigenvalue weighted by Gasteiger charge is -2.16. The first kappa shape index (κ1) is 25.0. The zero-order valence-corrected chi connectivity index (χ0v) is 16.6. The van der Waals surface area contributed by atoms with E-state index in [4.69, 9.17) is 10.5 Å². The Morgan fingerprint density at radius 2 is 1.89 bits per heavy atom. The molecule has 0 fully saturated rings. The smallest absolute Gasteiger partial charge is 0.277 e. The van der Waals surface area contributed by atoms with E-state index < -0.39 is 24.9 Å². The third-order valence-electron chi connectivity index (χ3n) is 3.63. The van der Waals surface area contributed by atoms with Crippen molar-refractivity contribution in [2.75, 3.05) is 13.1 Å². The number of hydrogen-bond acceptors (Lipinski definition) is 4. The molecule has 3 N–H and O–H groups in total. The number of carbonyl (C=O) groups is 1. The number of nitrogens with one attached hydrogen (secondary N) is 1. The SMILES string of the molecule is Cc1cc(C(=O)NCC(F)(F)CN)cc(C)c1OCc1cccnc1.Cl.Cl. The number of amides is 1. The van der Waals surface area contributed by atoms with E-state index in [1.54, 1.807) is 38.4 Å². The zero-order chi connectivity index (χ0) is 18.4. The molecule has 0 aliphatic rings. The summed E-state index contributed by atoms with van der Waals surface area (Å²) in [5.41, 5.74) is 7.68. The van der Waals surface area contributed by atoms with Gasteiger partial charge in [0.2, 0.25) is 0 Å². The molecule has 0 radical (unpaired) electrons. The van der Waals surface area contributed by atoms with Crippen molar-refractivity contribution < 1.29 is 18.3 Å². The number of pyridine rings is 1. The molecular weight excluding hydrogens is 399 g/mol. The summed E-state index contributed by atoms with van der Waals surface area (Å²) >= 11 is 0. The number of rotatable bonds is 7. The number of hydrogen-bond donors (Lipinski definition) is 2. The standard InChI is InChI=1S/C18H21F2N3O2.2ClH/c1-12-6-15(17(24)23-11-18(19,20)10-21)7-13(2)16(12)25-9-14-4-3-5-22-8-14;;/h3-8H,9-11,21H2,1-2H3,(H,23,24);2*1H. The highest BCUT2D eigenvalue weighted by molar-refractivity contribution is 5.95. The van der Waals surface area contributed by atoms with Gasteiger partial charge in [0.15, 0.2) is 0 Å². The molecule has 27 heavy (non-hydrogen) atoms. The average Bonchev–Trinajstić information content (AvgIpc) is 2.59. The van der Waals surface area contributed by atoms with Crippen LogP contribution in [-0.2, 0) is 6.61 Å². The van der Waals surface area contributed by atoms with E-state index in [0.717, 1.165) is 16.7 Å². The fourth-order valence-electron chi connectivity index (χ4n) is 2.33. The van der Waals surface area contributed by atoms with Gasteiger partial charge in [-0.25, -0.2) is 8.78 Å². The molecule has 1 amide bonds. The second kappa shape index (κ2) is 11.0. The Hall–Kier alpha value is -1.96. The molecule has 0 aliphatic carbocycles. The summed E-state index contributed by atoms with van der Waals surface area (Å²) in [4.78, 5) is 16.1. The summed E-state index contributed by atoms with van der Waals surface area (Å²) < 4.78 is 32.1.